The minimum atomic E-state index is -3.71. The van der Waals surface area contributed by atoms with Gasteiger partial charge in [0.1, 0.15) is 5.75 Å². The van der Waals surface area contributed by atoms with Gasteiger partial charge < -0.3 is 19.7 Å². The van der Waals surface area contributed by atoms with E-state index in [4.69, 9.17) is 9.47 Å². The van der Waals surface area contributed by atoms with Gasteiger partial charge in [-0.05, 0) is 43.3 Å². The van der Waals surface area contributed by atoms with Gasteiger partial charge in [-0.2, -0.15) is 0 Å². The second kappa shape index (κ2) is 9.46. The standard InChI is InChI=1S/C21H25N3O6S/c1-14(13-29-3)23-31(27,28)17-10-8-16(9-11-17)22-21(26)20-12-24(15(2)25)18-6-4-5-7-19(18)30-20/h4-11,14,20,23H,12-13H2,1-3H3,(H,22,26)/t14-,20+/m1/s1. The molecule has 0 spiro atoms. The molecule has 0 aliphatic carbocycles. The molecule has 1 heterocycles. The van der Waals surface area contributed by atoms with Gasteiger partial charge in [-0.1, -0.05) is 12.1 Å². The molecule has 2 aromatic carbocycles. The lowest BCUT2D eigenvalue weighted by Crippen LogP contribution is -2.48. The Morgan fingerprint density at radius 1 is 1.19 bits per heavy atom. The molecule has 0 saturated heterocycles. The third-order valence-electron chi connectivity index (χ3n) is 4.65. The number of benzene rings is 2. The van der Waals surface area contributed by atoms with Crippen molar-refractivity contribution in [3.8, 4) is 5.75 Å². The van der Waals surface area contributed by atoms with Gasteiger partial charge in [0.05, 0.1) is 23.7 Å². The second-order valence-electron chi connectivity index (χ2n) is 7.20. The van der Waals surface area contributed by atoms with Gasteiger partial charge in [0.15, 0.2) is 6.10 Å². The van der Waals surface area contributed by atoms with Crippen molar-refractivity contribution in [2.75, 3.05) is 30.5 Å². The van der Waals surface area contributed by atoms with Gasteiger partial charge >= 0.3 is 0 Å². The zero-order valence-corrected chi connectivity index (χ0v) is 18.3. The molecule has 9 nitrogen and oxygen atoms in total. The molecule has 2 atom stereocenters. The summed E-state index contributed by atoms with van der Waals surface area (Å²) in [5, 5.41) is 2.70. The van der Waals surface area contributed by atoms with Crippen molar-refractivity contribution in [3.63, 3.8) is 0 Å². The van der Waals surface area contributed by atoms with Gasteiger partial charge in [-0.15, -0.1) is 0 Å². The highest BCUT2D eigenvalue weighted by Gasteiger charge is 2.32. The normalized spacial score (nSPS) is 16.7. The molecular weight excluding hydrogens is 422 g/mol. The summed E-state index contributed by atoms with van der Waals surface area (Å²) >= 11 is 0. The van der Waals surface area contributed by atoms with E-state index in [9.17, 15) is 18.0 Å². The molecule has 31 heavy (non-hydrogen) atoms. The number of amides is 2. The van der Waals surface area contributed by atoms with E-state index in [-0.39, 0.29) is 30.0 Å². The number of para-hydroxylation sites is 2. The van der Waals surface area contributed by atoms with Gasteiger partial charge in [0, 0.05) is 25.8 Å². The van der Waals surface area contributed by atoms with E-state index < -0.39 is 22.0 Å². The Morgan fingerprint density at radius 2 is 1.87 bits per heavy atom. The zero-order valence-electron chi connectivity index (χ0n) is 17.5. The Balaban J connectivity index is 1.69. The fourth-order valence-electron chi connectivity index (χ4n) is 3.23. The van der Waals surface area contributed by atoms with Crippen LogP contribution in [0.3, 0.4) is 0 Å². The Labute approximate surface area is 181 Å². The minimum Gasteiger partial charge on any atom is -0.476 e. The summed E-state index contributed by atoms with van der Waals surface area (Å²) in [7, 11) is -2.22. The van der Waals surface area contributed by atoms with Crippen molar-refractivity contribution in [2.45, 2.75) is 30.9 Å². The molecule has 1 aliphatic heterocycles. The van der Waals surface area contributed by atoms with E-state index in [1.807, 2.05) is 0 Å². The third kappa shape index (κ3) is 5.40. The maximum Gasteiger partial charge on any atom is 0.267 e. The topological polar surface area (TPSA) is 114 Å². The van der Waals surface area contributed by atoms with Crippen LogP contribution in [0.4, 0.5) is 11.4 Å². The molecule has 0 fully saturated rings. The largest absolute Gasteiger partial charge is 0.476 e. The maximum atomic E-state index is 12.7. The first-order valence-electron chi connectivity index (χ1n) is 9.67. The van der Waals surface area contributed by atoms with E-state index in [1.54, 1.807) is 31.2 Å². The number of anilines is 2. The van der Waals surface area contributed by atoms with Crippen LogP contribution in [0.2, 0.25) is 0 Å². The summed E-state index contributed by atoms with van der Waals surface area (Å²) in [6, 6.07) is 12.4. The molecule has 3 rings (SSSR count). The Morgan fingerprint density at radius 3 is 2.52 bits per heavy atom. The number of ether oxygens (including phenoxy) is 2. The molecule has 2 amide bonds. The third-order valence-corrected chi connectivity index (χ3v) is 6.26. The number of carbonyl (C=O) groups excluding carboxylic acids is 2. The first-order valence-corrected chi connectivity index (χ1v) is 11.2. The molecule has 10 heteroatoms. The lowest BCUT2D eigenvalue weighted by molar-refractivity contribution is -0.123. The summed E-state index contributed by atoms with van der Waals surface area (Å²) in [4.78, 5) is 26.3. The van der Waals surface area contributed by atoms with E-state index in [0.717, 1.165) is 0 Å². The summed E-state index contributed by atoms with van der Waals surface area (Å²) in [6.07, 6.45) is -0.904. The molecule has 1 aliphatic rings. The average Bonchev–Trinajstić information content (AvgIpc) is 2.73. The van der Waals surface area contributed by atoms with E-state index in [0.29, 0.717) is 17.1 Å². The first kappa shape index (κ1) is 22.7. The smallest absolute Gasteiger partial charge is 0.267 e. The predicted molar refractivity (Wildman–Crippen MR) is 116 cm³/mol. The monoisotopic (exact) mass is 447 g/mol. The summed E-state index contributed by atoms with van der Waals surface area (Å²) in [5.74, 6) is -0.191. The van der Waals surface area contributed by atoms with Crippen LogP contribution in [-0.2, 0) is 24.3 Å². The Hall–Kier alpha value is -2.95. The van der Waals surface area contributed by atoms with E-state index >= 15 is 0 Å². The summed E-state index contributed by atoms with van der Waals surface area (Å²) in [6.45, 7) is 3.45. The van der Waals surface area contributed by atoms with Crippen molar-refractivity contribution >= 4 is 33.2 Å². The molecular formula is C21H25N3O6S. The Kier molecular flexibility index (Phi) is 6.94. The lowest BCUT2D eigenvalue weighted by Gasteiger charge is -2.33. The van der Waals surface area contributed by atoms with Gasteiger partial charge in [0.2, 0.25) is 15.9 Å². The molecule has 166 valence electrons. The van der Waals surface area contributed by atoms with E-state index in [1.165, 1.54) is 43.2 Å². The van der Waals surface area contributed by atoms with Crippen LogP contribution in [0, 0.1) is 0 Å². The predicted octanol–water partition coefficient (Wildman–Crippen LogP) is 1.75. The highest BCUT2D eigenvalue weighted by molar-refractivity contribution is 7.89. The number of hydrogen-bond donors (Lipinski definition) is 2. The second-order valence-corrected chi connectivity index (χ2v) is 8.91. The van der Waals surface area contributed by atoms with Crippen LogP contribution >= 0.6 is 0 Å². The number of fused-ring (bicyclic) bond motifs is 1. The molecule has 0 bridgehead atoms. The van der Waals surface area contributed by atoms with Crippen molar-refractivity contribution in [1.29, 1.82) is 0 Å². The van der Waals surface area contributed by atoms with Crippen LogP contribution in [0.1, 0.15) is 13.8 Å². The molecule has 0 unspecified atom stereocenters. The zero-order chi connectivity index (χ0) is 22.6. The summed E-state index contributed by atoms with van der Waals surface area (Å²) < 4.78 is 38.0. The number of hydrogen-bond acceptors (Lipinski definition) is 6. The number of nitrogens with one attached hydrogen (secondary N) is 2. The van der Waals surface area contributed by atoms with Crippen molar-refractivity contribution < 1.29 is 27.5 Å². The van der Waals surface area contributed by atoms with Gasteiger partial charge in [-0.3, -0.25) is 9.59 Å². The molecule has 2 aromatic rings. The SMILES string of the molecule is COC[C@@H](C)NS(=O)(=O)c1ccc(NC(=O)[C@@H]2CN(C(C)=O)c3ccccc3O2)cc1. The van der Waals surface area contributed by atoms with Crippen LogP contribution in [-0.4, -0.2) is 52.6 Å². The van der Waals surface area contributed by atoms with Gasteiger partial charge in [-0.25, -0.2) is 13.1 Å². The number of rotatable bonds is 7. The van der Waals surface area contributed by atoms with Crippen LogP contribution in [0.25, 0.3) is 0 Å². The fraction of sp³-hybridized carbons (Fsp3) is 0.333. The molecule has 0 radical (unpaired) electrons. The highest BCUT2D eigenvalue weighted by atomic mass is 32.2. The minimum absolute atomic E-state index is 0.0686. The van der Waals surface area contributed by atoms with Gasteiger partial charge in [0.25, 0.3) is 5.91 Å². The number of carbonyl (C=O) groups is 2. The lowest BCUT2D eigenvalue weighted by atomic mass is 10.1. The van der Waals surface area contributed by atoms with Crippen LogP contribution in [0.5, 0.6) is 5.75 Å². The van der Waals surface area contributed by atoms with Crippen molar-refractivity contribution in [2.24, 2.45) is 0 Å². The molecule has 0 aromatic heterocycles. The van der Waals surface area contributed by atoms with E-state index in [2.05, 4.69) is 10.0 Å². The van der Waals surface area contributed by atoms with Crippen LogP contribution in [0.15, 0.2) is 53.4 Å². The van der Waals surface area contributed by atoms with Crippen molar-refractivity contribution in [3.05, 3.63) is 48.5 Å². The summed E-state index contributed by atoms with van der Waals surface area (Å²) in [5.41, 5.74) is 1.02. The number of sulfonamides is 1. The molecule has 2 N–H and O–H groups in total. The van der Waals surface area contributed by atoms with Crippen LogP contribution < -0.4 is 19.7 Å². The first-order chi connectivity index (χ1) is 14.7. The average molecular weight is 448 g/mol. The van der Waals surface area contributed by atoms with Crippen molar-refractivity contribution in [1.82, 2.24) is 4.72 Å². The fourth-order valence-corrected chi connectivity index (χ4v) is 4.45. The maximum absolute atomic E-state index is 12.7. The molecule has 0 saturated carbocycles. The highest BCUT2D eigenvalue weighted by Crippen LogP contribution is 2.33. The Bertz CT molecular complexity index is 1060. The number of methoxy groups -OCH3 is 1. The number of nitrogens with zero attached hydrogens (tertiary/aromatic N) is 1. The quantitative estimate of drug-likeness (QED) is 0.669.